The number of carbonyl (C=O) groups excluding carboxylic acids is 2. The van der Waals surface area contributed by atoms with Gasteiger partial charge in [0.25, 0.3) is 5.91 Å². The molecule has 0 saturated carbocycles. The zero-order valence-corrected chi connectivity index (χ0v) is 22.0. The Hall–Kier alpha value is -3.13. The van der Waals surface area contributed by atoms with E-state index < -0.39 is 12.0 Å². The fraction of sp³-hybridized carbons (Fsp3) is 0.536. The Balaban J connectivity index is 1.58. The van der Waals surface area contributed by atoms with Crippen LogP contribution in [0.3, 0.4) is 0 Å². The molecule has 4 atom stereocenters. The van der Waals surface area contributed by atoms with Crippen molar-refractivity contribution < 1.29 is 19.1 Å². The molecular formula is C28H38N4O4. The maximum atomic E-state index is 13.8. The van der Waals surface area contributed by atoms with Crippen molar-refractivity contribution in [2.75, 3.05) is 47.4 Å². The lowest BCUT2D eigenvalue weighted by atomic mass is 9.79. The van der Waals surface area contributed by atoms with E-state index in [4.69, 9.17) is 9.47 Å². The number of nitrogens with one attached hydrogen (secondary N) is 1. The van der Waals surface area contributed by atoms with Gasteiger partial charge in [-0.2, -0.15) is 0 Å². The summed E-state index contributed by atoms with van der Waals surface area (Å²) in [7, 11) is 4.82. The zero-order valence-electron chi connectivity index (χ0n) is 22.0. The Morgan fingerprint density at radius 2 is 1.83 bits per heavy atom. The molecule has 0 bridgehead atoms. The predicted octanol–water partition coefficient (Wildman–Crippen LogP) is 3.49. The van der Waals surface area contributed by atoms with Crippen LogP contribution in [0.2, 0.25) is 0 Å². The van der Waals surface area contributed by atoms with Crippen molar-refractivity contribution in [1.82, 2.24) is 20.1 Å². The second-order valence-electron chi connectivity index (χ2n) is 10.3. The molecule has 194 valence electrons. The van der Waals surface area contributed by atoms with Crippen molar-refractivity contribution in [2.45, 2.75) is 38.6 Å². The SMILES string of the molecule is COc1cc2c(cc1OC)[C@H](C(=O)NCCCN1C[C@H](C)C[C@@H](C)C1)[C@@H](c1cccnc1)N(C)C2=O. The van der Waals surface area contributed by atoms with E-state index in [1.54, 1.807) is 43.6 Å². The summed E-state index contributed by atoms with van der Waals surface area (Å²) in [6.45, 7) is 8.40. The van der Waals surface area contributed by atoms with Gasteiger partial charge in [-0.1, -0.05) is 19.9 Å². The lowest BCUT2D eigenvalue weighted by molar-refractivity contribution is -0.124. The molecule has 2 aliphatic rings. The van der Waals surface area contributed by atoms with E-state index in [2.05, 4.69) is 29.0 Å². The maximum Gasteiger partial charge on any atom is 0.254 e. The Morgan fingerprint density at radius 3 is 2.47 bits per heavy atom. The fourth-order valence-electron chi connectivity index (χ4n) is 5.90. The number of amides is 2. The summed E-state index contributed by atoms with van der Waals surface area (Å²) in [6, 6.07) is 6.69. The molecule has 1 fully saturated rings. The van der Waals surface area contributed by atoms with Gasteiger partial charge >= 0.3 is 0 Å². The molecule has 2 aromatic rings. The van der Waals surface area contributed by atoms with Gasteiger partial charge < -0.3 is 24.6 Å². The molecule has 0 aliphatic carbocycles. The van der Waals surface area contributed by atoms with Crippen molar-refractivity contribution in [1.29, 1.82) is 0 Å². The number of aromatic nitrogens is 1. The Kier molecular flexibility index (Phi) is 8.14. The average Bonchev–Trinajstić information content (AvgIpc) is 2.87. The number of likely N-dealkylation sites (tertiary alicyclic amines) is 1. The van der Waals surface area contributed by atoms with E-state index >= 15 is 0 Å². The predicted molar refractivity (Wildman–Crippen MR) is 138 cm³/mol. The van der Waals surface area contributed by atoms with Gasteiger partial charge in [0.05, 0.1) is 26.2 Å². The highest BCUT2D eigenvalue weighted by atomic mass is 16.5. The molecule has 2 aliphatic heterocycles. The highest BCUT2D eigenvalue weighted by Gasteiger charge is 2.43. The third-order valence-electron chi connectivity index (χ3n) is 7.38. The second-order valence-corrected chi connectivity index (χ2v) is 10.3. The van der Waals surface area contributed by atoms with Gasteiger partial charge in [0, 0.05) is 44.6 Å². The van der Waals surface area contributed by atoms with E-state index in [9.17, 15) is 9.59 Å². The molecule has 3 heterocycles. The average molecular weight is 495 g/mol. The van der Waals surface area contributed by atoms with Crippen LogP contribution in [-0.4, -0.2) is 74.0 Å². The number of piperidine rings is 1. The largest absolute Gasteiger partial charge is 0.493 e. The molecule has 0 radical (unpaired) electrons. The summed E-state index contributed by atoms with van der Waals surface area (Å²) in [6.07, 6.45) is 5.57. The van der Waals surface area contributed by atoms with Crippen LogP contribution in [0, 0.1) is 11.8 Å². The summed E-state index contributed by atoms with van der Waals surface area (Å²) in [4.78, 5) is 35.5. The summed E-state index contributed by atoms with van der Waals surface area (Å²) in [5.41, 5.74) is 1.90. The molecule has 0 spiro atoms. The Labute approximate surface area is 214 Å². The Morgan fingerprint density at radius 1 is 1.14 bits per heavy atom. The van der Waals surface area contributed by atoms with Crippen LogP contribution in [0.15, 0.2) is 36.7 Å². The monoisotopic (exact) mass is 494 g/mol. The molecule has 1 aromatic heterocycles. The van der Waals surface area contributed by atoms with Crippen LogP contribution in [0.25, 0.3) is 0 Å². The molecule has 36 heavy (non-hydrogen) atoms. The first-order chi connectivity index (χ1) is 17.3. The van der Waals surface area contributed by atoms with Crippen LogP contribution >= 0.6 is 0 Å². The van der Waals surface area contributed by atoms with E-state index in [1.807, 2.05) is 12.1 Å². The van der Waals surface area contributed by atoms with E-state index in [-0.39, 0.29) is 11.8 Å². The molecular weight excluding hydrogens is 456 g/mol. The van der Waals surface area contributed by atoms with Gasteiger partial charge in [0.1, 0.15) is 0 Å². The topological polar surface area (TPSA) is 84.0 Å². The lowest BCUT2D eigenvalue weighted by Gasteiger charge is -2.40. The molecule has 4 rings (SSSR count). The van der Waals surface area contributed by atoms with E-state index in [0.29, 0.717) is 41.0 Å². The number of nitrogens with zero attached hydrogens (tertiary/aromatic N) is 3. The highest BCUT2D eigenvalue weighted by Crippen LogP contribution is 2.45. The normalized spacial score (nSPS) is 24.2. The molecule has 2 amide bonds. The highest BCUT2D eigenvalue weighted by molar-refractivity contribution is 6.02. The smallest absolute Gasteiger partial charge is 0.254 e. The summed E-state index contributed by atoms with van der Waals surface area (Å²) >= 11 is 0. The first-order valence-corrected chi connectivity index (χ1v) is 12.8. The van der Waals surface area contributed by atoms with Gasteiger partial charge in [-0.25, -0.2) is 0 Å². The number of methoxy groups -OCH3 is 2. The summed E-state index contributed by atoms with van der Waals surface area (Å²) < 4.78 is 11.0. The number of hydrogen-bond acceptors (Lipinski definition) is 6. The number of benzene rings is 1. The maximum absolute atomic E-state index is 13.8. The molecule has 1 N–H and O–H groups in total. The Bertz CT molecular complexity index is 1070. The third-order valence-corrected chi connectivity index (χ3v) is 7.38. The number of fused-ring (bicyclic) bond motifs is 1. The second kappa shape index (κ2) is 11.3. The quantitative estimate of drug-likeness (QED) is 0.566. The van der Waals surface area contributed by atoms with Crippen LogP contribution in [0.5, 0.6) is 11.5 Å². The van der Waals surface area contributed by atoms with Crippen molar-refractivity contribution in [2.24, 2.45) is 11.8 Å². The van der Waals surface area contributed by atoms with Gasteiger partial charge in [-0.3, -0.25) is 14.6 Å². The van der Waals surface area contributed by atoms with Gasteiger partial charge in [0.2, 0.25) is 5.91 Å². The van der Waals surface area contributed by atoms with Crippen LogP contribution < -0.4 is 14.8 Å². The number of carbonyl (C=O) groups is 2. The van der Waals surface area contributed by atoms with Crippen molar-refractivity contribution in [3.05, 3.63) is 53.3 Å². The van der Waals surface area contributed by atoms with Gasteiger partial charge in [0.15, 0.2) is 11.5 Å². The fourth-order valence-corrected chi connectivity index (χ4v) is 5.90. The molecule has 1 saturated heterocycles. The molecule has 1 aromatic carbocycles. The van der Waals surface area contributed by atoms with Gasteiger partial charge in [-0.15, -0.1) is 0 Å². The van der Waals surface area contributed by atoms with Crippen LogP contribution in [0.1, 0.15) is 60.1 Å². The van der Waals surface area contributed by atoms with Crippen molar-refractivity contribution in [3.63, 3.8) is 0 Å². The van der Waals surface area contributed by atoms with Crippen LogP contribution in [0.4, 0.5) is 0 Å². The van der Waals surface area contributed by atoms with Crippen molar-refractivity contribution in [3.8, 4) is 11.5 Å². The minimum Gasteiger partial charge on any atom is -0.493 e. The first-order valence-electron chi connectivity index (χ1n) is 12.8. The number of likely N-dealkylation sites (N-methyl/N-ethyl adjacent to an activating group) is 1. The number of ether oxygens (including phenoxy) is 2. The van der Waals surface area contributed by atoms with Crippen LogP contribution in [-0.2, 0) is 4.79 Å². The molecule has 0 unspecified atom stereocenters. The van der Waals surface area contributed by atoms with Crippen molar-refractivity contribution >= 4 is 11.8 Å². The summed E-state index contributed by atoms with van der Waals surface area (Å²) in [5, 5.41) is 3.16. The summed E-state index contributed by atoms with van der Waals surface area (Å²) in [5.74, 6) is 1.48. The number of rotatable bonds is 8. The number of pyridine rings is 1. The first kappa shape index (κ1) is 25.9. The minimum absolute atomic E-state index is 0.114. The zero-order chi connectivity index (χ0) is 25.8. The lowest BCUT2D eigenvalue weighted by Crippen LogP contribution is -2.46. The minimum atomic E-state index is -0.610. The standard InChI is InChI=1S/C28H38N4O4/c1-18-12-19(2)17-32(16-18)11-7-10-30-27(33)25-21-13-23(35-4)24(36-5)14-22(21)28(34)31(3)26(25)20-8-6-9-29-15-20/h6,8-9,13-15,18-19,25-26H,7,10-12,16-17H2,1-5H3,(H,30,33)/t18-,19-,25+,26-/m1/s1. The van der Waals surface area contributed by atoms with Gasteiger partial charge in [-0.05, 0) is 60.5 Å². The molecule has 8 heteroatoms. The number of hydrogen-bond donors (Lipinski definition) is 1. The van der Waals surface area contributed by atoms with E-state index in [0.717, 1.165) is 31.6 Å². The molecule has 8 nitrogen and oxygen atoms in total. The third kappa shape index (κ3) is 5.33. The van der Waals surface area contributed by atoms with E-state index in [1.165, 1.54) is 13.5 Å².